The van der Waals surface area contributed by atoms with E-state index in [1.54, 1.807) is 0 Å². The van der Waals surface area contributed by atoms with Crippen LogP contribution in [0.1, 0.15) is 10.5 Å². The minimum Gasteiger partial charge on any atom is -0.374 e. The summed E-state index contributed by atoms with van der Waals surface area (Å²) in [6.45, 7) is 2.81. The van der Waals surface area contributed by atoms with Crippen molar-refractivity contribution in [2.24, 2.45) is 0 Å². The lowest BCUT2D eigenvalue weighted by atomic mass is 10.2. The fourth-order valence-electron chi connectivity index (χ4n) is 2.18. The second kappa shape index (κ2) is 5.38. The van der Waals surface area contributed by atoms with Crippen LogP contribution in [0.2, 0.25) is 0 Å². The minimum atomic E-state index is -0.174. The molecule has 1 aromatic carbocycles. The van der Waals surface area contributed by atoms with Gasteiger partial charge in [-0.05, 0) is 6.07 Å². The van der Waals surface area contributed by atoms with Crippen LogP contribution in [-0.4, -0.2) is 48.4 Å². The van der Waals surface area contributed by atoms with Gasteiger partial charge in [-0.1, -0.05) is 18.2 Å². The summed E-state index contributed by atoms with van der Waals surface area (Å²) in [5.41, 5.74) is 1.29. The smallest absolute Gasteiger partial charge is 0.272 e. The molecule has 6 nitrogen and oxygen atoms in total. The Kier molecular flexibility index (Phi) is 3.43. The van der Waals surface area contributed by atoms with Gasteiger partial charge in [0, 0.05) is 25.0 Å². The second-order valence-corrected chi connectivity index (χ2v) is 4.52. The number of nitrogens with zero attached hydrogens (tertiary/aromatic N) is 1. The van der Waals surface area contributed by atoms with E-state index in [1.807, 2.05) is 24.3 Å². The topological polar surface area (TPSA) is 79.0 Å². The van der Waals surface area contributed by atoms with Crippen molar-refractivity contribution in [1.29, 1.82) is 0 Å². The number of carbonyl (C=O) groups is 1. The molecule has 0 spiro atoms. The molecule has 1 fully saturated rings. The SMILES string of the molecule is O=C(NC[C@@H]1CNCCO1)c1n[nH]c2ccccc12. The molecule has 0 saturated carbocycles. The number of para-hydroxylation sites is 1. The average Bonchev–Trinajstić information content (AvgIpc) is 2.90. The third-order valence-corrected chi connectivity index (χ3v) is 3.18. The van der Waals surface area contributed by atoms with Crippen LogP contribution in [0.15, 0.2) is 24.3 Å². The van der Waals surface area contributed by atoms with Crippen molar-refractivity contribution in [3.63, 3.8) is 0 Å². The molecule has 1 aliphatic rings. The maximum absolute atomic E-state index is 12.1. The van der Waals surface area contributed by atoms with Crippen LogP contribution in [0, 0.1) is 0 Å². The standard InChI is InChI=1S/C13H16N4O2/c18-13(15-8-9-7-14-5-6-19-9)12-10-3-1-2-4-11(10)16-17-12/h1-4,9,14H,5-8H2,(H,15,18)(H,16,17)/t9-/m0/s1. The number of H-pyrrole nitrogens is 1. The van der Waals surface area contributed by atoms with Crippen LogP contribution in [0.3, 0.4) is 0 Å². The number of morpholine rings is 1. The number of aromatic amines is 1. The fraction of sp³-hybridized carbons (Fsp3) is 0.385. The maximum atomic E-state index is 12.1. The number of hydrogen-bond acceptors (Lipinski definition) is 4. The maximum Gasteiger partial charge on any atom is 0.272 e. The number of ether oxygens (including phenoxy) is 1. The van der Waals surface area contributed by atoms with Crippen LogP contribution in [0.4, 0.5) is 0 Å². The number of benzene rings is 1. The minimum absolute atomic E-state index is 0.0305. The molecular formula is C13H16N4O2. The molecule has 0 bridgehead atoms. The molecule has 3 N–H and O–H groups in total. The molecule has 0 unspecified atom stereocenters. The monoisotopic (exact) mass is 260 g/mol. The summed E-state index contributed by atoms with van der Waals surface area (Å²) in [6, 6.07) is 7.58. The molecule has 1 amide bonds. The van der Waals surface area contributed by atoms with Crippen molar-refractivity contribution in [3.8, 4) is 0 Å². The Labute approximate surface area is 110 Å². The molecule has 1 aliphatic heterocycles. The summed E-state index contributed by atoms with van der Waals surface area (Å²) >= 11 is 0. The normalized spacial score (nSPS) is 19.5. The van der Waals surface area contributed by atoms with E-state index in [1.165, 1.54) is 0 Å². The molecule has 1 aromatic heterocycles. The van der Waals surface area contributed by atoms with Gasteiger partial charge >= 0.3 is 0 Å². The summed E-state index contributed by atoms with van der Waals surface area (Å²) < 4.78 is 5.53. The predicted octanol–water partition coefficient (Wildman–Crippen LogP) is 0.281. The van der Waals surface area contributed by atoms with Gasteiger partial charge < -0.3 is 15.4 Å². The van der Waals surface area contributed by atoms with Crippen LogP contribution in [-0.2, 0) is 4.74 Å². The summed E-state index contributed by atoms with van der Waals surface area (Å²) in [7, 11) is 0. The molecule has 1 saturated heterocycles. The number of rotatable bonds is 3. The Morgan fingerprint density at radius 3 is 3.21 bits per heavy atom. The van der Waals surface area contributed by atoms with E-state index < -0.39 is 0 Å². The first-order valence-electron chi connectivity index (χ1n) is 6.38. The third-order valence-electron chi connectivity index (χ3n) is 3.18. The van der Waals surface area contributed by atoms with Crippen LogP contribution in [0.5, 0.6) is 0 Å². The predicted molar refractivity (Wildman–Crippen MR) is 71.0 cm³/mol. The van der Waals surface area contributed by atoms with Crippen molar-refractivity contribution < 1.29 is 9.53 Å². The van der Waals surface area contributed by atoms with Crippen molar-refractivity contribution in [2.75, 3.05) is 26.2 Å². The van der Waals surface area contributed by atoms with Gasteiger partial charge in [0.15, 0.2) is 5.69 Å². The lowest BCUT2D eigenvalue weighted by Crippen LogP contribution is -2.45. The zero-order chi connectivity index (χ0) is 13.1. The molecule has 2 heterocycles. The van der Waals surface area contributed by atoms with Gasteiger partial charge in [-0.25, -0.2) is 0 Å². The Bertz CT molecular complexity index is 575. The van der Waals surface area contributed by atoms with Gasteiger partial charge in [0.1, 0.15) is 0 Å². The van der Waals surface area contributed by atoms with Crippen LogP contribution in [0.25, 0.3) is 10.9 Å². The zero-order valence-corrected chi connectivity index (χ0v) is 10.5. The highest BCUT2D eigenvalue weighted by Gasteiger charge is 2.17. The largest absolute Gasteiger partial charge is 0.374 e. The van der Waals surface area contributed by atoms with E-state index in [-0.39, 0.29) is 12.0 Å². The molecule has 3 rings (SSSR count). The van der Waals surface area contributed by atoms with Gasteiger partial charge in [0.25, 0.3) is 5.91 Å². The fourth-order valence-corrected chi connectivity index (χ4v) is 2.18. The summed E-state index contributed by atoms with van der Waals surface area (Å²) in [4.78, 5) is 12.1. The van der Waals surface area contributed by atoms with Crippen molar-refractivity contribution in [2.45, 2.75) is 6.10 Å². The lowest BCUT2D eigenvalue weighted by Gasteiger charge is -2.23. The first-order valence-corrected chi connectivity index (χ1v) is 6.38. The van der Waals surface area contributed by atoms with Gasteiger partial charge in [0.2, 0.25) is 0 Å². The number of amides is 1. The second-order valence-electron chi connectivity index (χ2n) is 4.52. The van der Waals surface area contributed by atoms with E-state index in [4.69, 9.17) is 4.74 Å². The zero-order valence-electron chi connectivity index (χ0n) is 10.5. The Balaban J connectivity index is 1.66. The van der Waals surface area contributed by atoms with Crippen LogP contribution >= 0.6 is 0 Å². The first-order chi connectivity index (χ1) is 9.34. The number of carbonyl (C=O) groups excluding carboxylic acids is 1. The Hall–Kier alpha value is -1.92. The van der Waals surface area contributed by atoms with E-state index in [9.17, 15) is 4.79 Å². The van der Waals surface area contributed by atoms with Crippen LogP contribution < -0.4 is 10.6 Å². The summed E-state index contributed by atoms with van der Waals surface area (Å²) in [5.74, 6) is -0.174. The number of hydrogen-bond donors (Lipinski definition) is 3. The highest BCUT2D eigenvalue weighted by atomic mass is 16.5. The van der Waals surface area contributed by atoms with E-state index in [0.717, 1.165) is 24.0 Å². The summed E-state index contributed by atoms with van der Waals surface area (Å²) in [5, 5.41) is 13.8. The molecule has 0 radical (unpaired) electrons. The average molecular weight is 260 g/mol. The molecule has 19 heavy (non-hydrogen) atoms. The highest BCUT2D eigenvalue weighted by molar-refractivity contribution is 6.04. The van der Waals surface area contributed by atoms with E-state index >= 15 is 0 Å². The molecule has 0 aliphatic carbocycles. The number of aromatic nitrogens is 2. The van der Waals surface area contributed by atoms with E-state index in [0.29, 0.717) is 18.8 Å². The molecule has 1 atom stereocenters. The van der Waals surface area contributed by atoms with Crippen molar-refractivity contribution >= 4 is 16.8 Å². The van der Waals surface area contributed by atoms with Gasteiger partial charge in [-0.3, -0.25) is 9.89 Å². The molecular weight excluding hydrogens is 244 g/mol. The number of nitrogens with one attached hydrogen (secondary N) is 3. The molecule has 100 valence electrons. The Morgan fingerprint density at radius 1 is 1.47 bits per heavy atom. The quantitative estimate of drug-likeness (QED) is 0.740. The molecule has 2 aromatic rings. The number of fused-ring (bicyclic) bond motifs is 1. The highest BCUT2D eigenvalue weighted by Crippen LogP contribution is 2.14. The third kappa shape index (κ3) is 2.59. The summed E-state index contributed by atoms with van der Waals surface area (Å²) in [6.07, 6.45) is 0.0305. The van der Waals surface area contributed by atoms with Crippen molar-refractivity contribution in [1.82, 2.24) is 20.8 Å². The Morgan fingerprint density at radius 2 is 2.37 bits per heavy atom. The lowest BCUT2D eigenvalue weighted by molar-refractivity contribution is 0.0287. The van der Waals surface area contributed by atoms with Gasteiger partial charge in [-0.15, -0.1) is 0 Å². The van der Waals surface area contributed by atoms with E-state index in [2.05, 4.69) is 20.8 Å². The first kappa shape index (κ1) is 12.1. The van der Waals surface area contributed by atoms with Crippen molar-refractivity contribution in [3.05, 3.63) is 30.0 Å². The molecule has 6 heteroatoms. The van der Waals surface area contributed by atoms with Gasteiger partial charge in [0.05, 0.1) is 18.2 Å². The van der Waals surface area contributed by atoms with Gasteiger partial charge in [-0.2, -0.15) is 5.10 Å².